The third-order valence-corrected chi connectivity index (χ3v) is 15.9. The van der Waals surface area contributed by atoms with Gasteiger partial charge < -0.3 is 45.7 Å². The molecular formula is C45H58N6O7Si. The number of nitrogens with one attached hydrogen (secondary N) is 4. The van der Waals surface area contributed by atoms with Crippen LogP contribution in [0.1, 0.15) is 61.3 Å². The average Bonchev–Trinajstić information content (AvgIpc) is 3.66. The molecule has 5 aliphatic rings. The molecule has 3 fully saturated rings. The highest BCUT2D eigenvalue weighted by Gasteiger charge is 2.66. The molecule has 1 spiro atoms. The highest BCUT2D eigenvalue weighted by Crippen LogP contribution is 2.60. The lowest BCUT2D eigenvalue weighted by Gasteiger charge is -2.37. The van der Waals surface area contributed by atoms with E-state index in [2.05, 4.69) is 21.3 Å². The van der Waals surface area contributed by atoms with Gasteiger partial charge in [-0.1, -0.05) is 43.3 Å². The van der Waals surface area contributed by atoms with Crippen LogP contribution in [0, 0.1) is 17.8 Å². The van der Waals surface area contributed by atoms with E-state index in [0.29, 0.717) is 48.7 Å². The number of amides is 4. The number of aliphatic hydroxyl groups is 1. The molecule has 0 aliphatic carbocycles. The number of aliphatic hydroxyl groups excluding tert-OH is 1. The molecule has 0 radical (unpaired) electrons. The van der Waals surface area contributed by atoms with E-state index in [0.717, 1.165) is 55.5 Å². The number of rotatable bonds is 10. The van der Waals surface area contributed by atoms with Crippen molar-refractivity contribution in [2.45, 2.75) is 94.9 Å². The Morgan fingerprint density at radius 2 is 1.53 bits per heavy atom. The van der Waals surface area contributed by atoms with E-state index in [9.17, 15) is 24.3 Å². The van der Waals surface area contributed by atoms with E-state index in [1.807, 2.05) is 86.7 Å². The predicted octanol–water partition coefficient (Wildman–Crippen LogP) is 4.24. The van der Waals surface area contributed by atoms with Gasteiger partial charge in [-0.15, -0.1) is 0 Å². The molecule has 0 bridgehead atoms. The van der Waals surface area contributed by atoms with Crippen molar-refractivity contribution in [3.05, 3.63) is 89.0 Å². The highest BCUT2D eigenvalue weighted by atomic mass is 28.4. The minimum atomic E-state index is -3.12. The first kappa shape index (κ1) is 41.3. The van der Waals surface area contributed by atoms with Gasteiger partial charge in [0.25, 0.3) is 5.91 Å². The first-order chi connectivity index (χ1) is 28.4. The Morgan fingerprint density at radius 3 is 2.14 bits per heavy atom. The second-order valence-corrected chi connectivity index (χ2v) is 21.8. The van der Waals surface area contributed by atoms with Crippen LogP contribution in [0.4, 0.5) is 17.1 Å². The number of hydrogen-bond acceptors (Lipinski definition) is 9. The van der Waals surface area contributed by atoms with E-state index in [1.54, 1.807) is 9.80 Å². The van der Waals surface area contributed by atoms with E-state index in [-0.39, 0.29) is 55.0 Å². The fourth-order valence-corrected chi connectivity index (χ4v) is 12.9. The van der Waals surface area contributed by atoms with Gasteiger partial charge in [-0.3, -0.25) is 19.2 Å². The van der Waals surface area contributed by atoms with Gasteiger partial charge in [0.05, 0.1) is 49.2 Å². The quantitative estimate of drug-likeness (QED) is 0.164. The van der Waals surface area contributed by atoms with Gasteiger partial charge in [-0.25, -0.2) is 0 Å². The Morgan fingerprint density at radius 1 is 0.898 bits per heavy atom. The lowest BCUT2D eigenvalue weighted by Crippen LogP contribution is -2.48. The number of piperidine rings is 2. The number of fused-ring (bicyclic) bond motifs is 3. The number of hydrogen-bond donors (Lipinski definition) is 6. The van der Waals surface area contributed by atoms with Crippen molar-refractivity contribution in [3.8, 4) is 0 Å². The summed E-state index contributed by atoms with van der Waals surface area (Å²) < 4.78 is 7.06. The molecule has 13 nitrogen and oxygen atoms in total. The standard InChI is InChI=1S/C45H58N6O7Si/c1-28-41(59(2,3)57)39(22-40(53)50-26-33-9-5-4-8-30(33)20-36(50)27-52)58-45(28)37-21-35(49-43(55)32-11-7-19-47-24-32)16-17-38(37)51(44(45)56)25-29-12-14-34(15-13-29)48-42(54)31-10-6-18-46-23-31/h4-5,8-9,12-17,21,28,31-32,36,39,41,46-47,52,57H,6-7,10-11,18-20,22-27H2,1-3H3,(H,48,54)(H,49,55)/t28-,31?,32?,36+,39+,41-,45+/m1/s1. The summed E-state index contributed by atoms with van der Waals surface area (Å²) in [5.74, 6) is -1.38. The maximum atomic E-state index is 15.3. The number of nitrogens with zero attached hydrogens (tertiary/aromatic N) is 2. The second-order valence-electron chi connectivity index (χ2n) is 17.8. The summed E-state index contributed by atoms with van der Waals surface area (Å²) in [4.78, 5) is 71.4. The third-order valence-electron chi connectivity index (χ3n) is 13.4. The number of benzene rings is 3. The van der Waals surface area contributed by atoms with Gasteiger partial charge in [0, 0.05) is 48.0 Å². The van der Waals surface area contributed by atoms with E-state index >= 15 is 4.79 Å². The SMILES string of the molecule is C[C@@H]1[C@@H]([Si](C)(C)O)[C@H](CC(=O)N2Cc3ccccc3C[C@H]2CO)O[C@@]12C(=O)N(Cc1ccc(NC(=O)C3CCCNC3)cc1)c1ccc(NC(=O)C3CCCNC3)cc12. The Bertz CT molecular complexity index is 2060. The molecule has 0 saturated carbocycles. The van der Waals surface area contributed by atoms with Crippen LogP contribution < -0.4 is 26.2 Å². The van der Waals surface area contributed by atoms with Crippen LogP contribution in [0.3, 0.4) is 0 Å². The first-order valence-electron chi connectivity index (χ1n) is 21.3. The van der Waals surface area contributed by atoms with Crippen molar-refractivity contribution >= 4 is 49.0 Å². The van der Waals surface area contributed by atoms with Gasteiger partial charge in [0.15, 0.2) is 13.9 Å². The molecule has 3 saturated heterocycles. The summed E-state index contributed by atoms with van der Waals surface area (Å²) in [6, 6.07) is 20.6. The summed E-state index contributed by atoms with van der Waals surface area (Å²) in [5, 5.41) is 23.1. The number of ether oxygens (including phenoxy) is 1. The zero-order valence-electron chi connectivity index (χ0n) is 34.3. The van der Waals surface area contributed by atoms with Crippen molar-refractivity contribution in [1.29, 1.82) is 0 Å². The van der Waals surface area contributed by atoms with Crippen LogP contribution in [-0.2, 0) is 49.0 Å². The van der Waals surface area contributed by atoms with Crippen molar-refractivity contribution in [1.82, 2.24) is 15.5 Å². The molecule has 6 N–H and O–H groups in total. The topological polar surface area (TPSA) is 173 Å². The number of carbonyl (C=O) groups excluding carboxylic acids is 4. The molecule has 59 heavy (non-hydrogen) atoms. The maximum absolute atomic E-state index is 15.3. The van der Waals surface area contributed by atoms with Gasteiger partial charge in [0.1, 0.15) is 0 Å². The number of carbonyl (C=O) groups is 4. The van der Waals surface area contributed by atoms with Crippen LogP contribution in [0.2, 0.25) is 18.6 Å². The normalized spacial score (nSPS) is 28.0. The van der Waals surface area contributed by atoms with Crippen molar-refractivity contribution in [3.63, 3.8) is 0 Å². The monoisotopic (exact) mass is 822 g/mol. The highest BCUT2D eigenvalue weighted by molar-refractivity contribution is 6.71. The Hall–Kier alpha value is -4.44. The zero-order chi connectivity index (χ0) is 41.5. The minimum Gasteiger partial charge on any atom is -0.432 e. The van der Waals surface area contributed by atoms with Crippen molar-refractivity contribution < 1.29 is 33.8 Å². The average molecular weight is 823 g/mol. The summed E-state index contributed by atoms with van der Waals surface area (Å²) in [6.45, 7) is 9.05. The van der Waals surface area contributed by atoms with Crippen LogP contribution in [0.15, 0.2) is 66.7 Å². The fourth-order valence-electron chi connectivity index (χ4n) is 10.4. The largest absolute Gasteiger partial charge is 0.432 e. The van der Waals surface area contributed by atoms with Gasteiger partial charge in [0.2, 0.25) is 17.7 Å². The molecule has 3 aromatic carbocycles. The lowest BCUT2D eigenvalue weighted by atomic mass is 9.82. The molecule has 5 aliphatic heterocycles. The summed E-state index contributed by atoms with van der Waals surface area (Å²) in [7, 11) is -3.12. The van der Waals surface area contributed by atoms with E-state index in [1.165, 1.54) is 0 Å². The molecule has 7 atom stereocenters. The fraction of sp³-hybridized carbons (Fsp3) is 0.511. The Kier molecular flexibility index (Phi) is 11.8. The van der Waals surface area contributed by atoms with Crippen molar-refractivity contribution in [2.24, 2.45) is 17.8 Å². The third kappa shape index (κ3) is 8.10. The molecule has 14 heteroatoms. The maximum Gasteiger partial charge on any atom is 0.264 e. The summed E-state index contributed by atoms with van der Waals surface area (Å²) >= 11 is 0. The molecule has 4 amide bonds. The predicted molar refractivity (Wildman–Crippen MR) is 228 cm³/mol. The number of anilines is 3. The minimum absolute atomic E-state index is 0.0134. The van der Waals surface area contributed by atoms with Crippen LogP contribution in [-0.4, -0.2) is 91.7 Å². The molecule has 5 heterocycles. The van der Waals surface area contributed by atoms with Crippen LogP contribution >= 0.6 is 0 Å². The van der Waals surface area contributed by atoms with Crippen LogP contribution in [0.5, 0.6) is 0 Å². The summed E-state index contributed by atoms with van der Waals surface area (Å²) in [5.41, 5.74) is 3.39. The first-order valence-corrected chi connectivity index (χ1v) is 24.4. The van der Waals surface area contributed by atoms with Gasteiger partial charge in [-0.2, -0.15) is 0 Å². The molecule has 3 aromatic rings. The van der Waals surface area contributed by atoms with Crippen molar-refractivity contribution in [2.75, 3.05) is 48.3 Å². The van der Waals surface area contributed by atoms with Gasteiger partial charge >= 0.3 is 0 Å². The smallest absolute Gasteiger partial charge is 0.264 e. The molecule has 2 unspecified atom stereocenters. The molecule has 314 valence electrons. The lowest BCUT2D eigenvalue weighted by molar-refractivity contribution is -0.151. The Balaban J connectivity index is 1.10. The zero-order valence-corrected chi connectivity index (χ0v) is 35.3. The molecule has 8 rings (SSSR count). The molecule has 0 aromatic heterocycles. The molecular weight excluding hydrogens is 765 g/mol. The van der Waals surface area contributed by atoms with Crippen LogP contribution in [0.25, 0.3) is 0 Å². The van der Waals surface area contributed by atoms with Gasteiger partial charge in [-0.05, 0) is 105 Å². The van der Waals surface area contributed by atoms with E-state index in [4.69, 9.17) is 4.74 Å². The Labute approximate surface area is 347 Å². The second kappa shape index (κ2) is 16.9. The summed E-state index contributed by atoms with van der Waals surface area (Å²) in [6.07, 6.45) is 3.19. The van der Waals surface area contributed by atoms with E-state index < -0.39 is 37.5 Å².